The minimum atomic E-state index is -0.00377. The molecule has 0 radical (unpaired) electrons. The number of benzene rings is 1. The summed E-state index contributed by atoms with van der Waals surface area (Å²) in [5.41, 5.74) is 2.72. The summed E-state index contributed by atoms with van der Waals surface area (Å²) in [6.07, 6.45) is 8.76. The summed E-state index contributed by atoms with van der Waals surface area (Å²) >= 11 is 0. The van der Waals surface area contributed by atoms with Gasteiger partial charge in [0.05, 0.1) is 0 Å². The van der Waals surface area contributed by atoms with Crippen LogP contribution in [0.5, 0.6) is 0 Å². The van der Waals surface area contributed by atoms with Gasteiger partial charge in [-0.2, -0.15) is 0 Å². The molecule has 0 unspecified atom stereocenters. The van der Waals surface area contributed by atoms with Crippen LogP contribution in [-0.2, 0) is 12.8 Å². The van der Waals surface area contributed by atoms with Crippen molar-refractivity contribution in [1.29, 1.82) is 0 Å². The number of piperidine rings is 2. The van der Waals surface area contributed by atoms with E-state index in [1.807, 2.05) is 6.07 Å². The zero-order chi connectivity index (χ0) is 23.1. The third kappa shape index (κ3) is 7.29. The molecule has 3 heteroatoms. The van der Waals surface area contributed by atoms with E-state index >= 15 is 0 Å². The van der Waals surface area contributed by atoms with Crippen molar-refractivity contribution in [3.05, 3.63) is 35.1 Å². The molecule has 0 aliphatic carbocycles. The summed E-state index contributed by atoms with van der Waals surface area (Å²) in [7, 11) is 0. The van der Waals surface area contributed by atoms with Gasteiger partial charge in [-0.25, -0.2) is 4.39 Å². The third-order valence-electron chi connectivity index (χ3n) is 7.33. The minimum absolute atomic E-state index is 0.00377. The van der Waals surface area contributed by atoms with Crippen LogP contribution in [0.3, 0.4) is 0 Å². The van der Waals surface area contributed by atoms with E-state index in [9.17, 15) is 4.39 Å². The second-order valence-corrected chi connectivity index (χ2v) is 13.3. The predicted octanol–water partition coefficient (Wildman–Crippen LogP) is 6.80. The SMILES string of the molecule is CC1(C)CC(CCc2ccc(CCC3CC(C)(C)NC(C)(C)C3)c(F)c2)CC(C)(C)N1. The monoisotopic (exact) mass is 430 g/mol. The van der Waals surface area contributed by atoms with Crippen molar-refractivity contribution in [1.82, 2.24) is 10.6 Å². The second kappa shape index (κ2) is 8.78. The van der Waals surface area contributed by atoms with E-state index in [4.69, 9.17) is 0 Å². The Kier molecular flexibility index (Phi) is 7.00. The first-order valence-electron chi connectivity index (χ1n) is 12.5. The molecule has 2 nitrogen and oxygen atoms in total. The molecule has 2 fully saturated rings. The molecule has 1 aromatic rings. The van der Waals surface area contributed by atoms with Gasteiger partial charge in [0.2, 0.25) is 0 Å². The molecule has 0 bridgehead atoms. The van der Waals surface area contributed by atoms with E-state index in [2.05, 4.69) is 78.2 Å². The van der Waals surface area contributed by atoms with Gasteiger partial charge in [-0.3, -0.25) is 0 Å². The van der Waals surface area contributed by atoms with Gasteiger partial charge in [-0.05, 0) is 136 Å². The van der Waals surface area contributed by atoms with Crippen LogP contribution in [-0.4, -0.2) is 22.2 Å². The van der Waals surface area contributed by atoms with Gasteiger partial charge >= 0.3 is 0 Å². The maximum absolute atomic E-state index is 14.9. The van der Waals surface area contributed by atoms with Gasteiger partial charge < -0.3 is 10.6 Å². The number of rotatable bonds is 6. The molecule has 3 rings (SSSR count). The van der Waals surface area contributed by atoms with Crippen molar-refractivity contribution in [2.24, 2.45) is 11.8 Å². The van der Waals surface area contributed by atoms with Crippen molar-refractivity contribution in [3.63, 3.8) is 0 Å². The molecule has 31 heavy (non-hydrogen) atoms. The molecule has 1 aromatic carbocycles. The van der Waals surface area contributed by atoms with Crippen LogP contribution in [0, 0.1) is 17.7 Å². The van der Waals surface area contributed by atoms with E-state index in [-0.39, 0.29) is 28.0 Å². The standard InChI is InChI=1S/C28H47FN2/c1-25(2)16-21(17-26(3,4)30-25)10-9-20-11-13-23(24(29)15-20)14-12-22-18-27(5,6)31-28(7,8)19-22/h11,13,15,21-22,30-31H,9-10,12,14,16-19H2,1-8H3. The molecule has 0 saturated carbocycles. The molecule has 0 atom stereocenters. The number of nitrogens with one attached hydrogen (secondary N) is 2. The van der Waals surface area contributed by atoms with Crippen molar-refractivity contribution < 1.29 is 4.39 Å². The lowest BCUT2D eigenvalue weighted by molar-refractivity contribution is 0.123. The van der Waals surface area contributed by atoms with Crippen molar-refractivity contribution in [2.45, 2.75) is 129 Å². The lowest BCUT2D eigenvalue weighted by Gasteiger charge is -2.46. The van der Waals surface area contributed by atoms with Crippen molar-refractivity contribution >= 4 is 0 Å². The van der Waals surface area contributed by atoms with Crippen LogP contribution in [0.15, 0.2) is 18.2 Å². The van der Waals surface area contributed by atoms with Crippen LogP contribution in [0.2, 0.25) is 0 Å². The normalized spacial score (nSPS) is 25.5. The highest BCUT2D eigenvalue weighted by molar-refractivity contribution is 5.25. The van der Waals surface area contributed by atoms with Crippen LogP contribution < -0.4 is 10.6 Å². The molecule has 0 amide bonds. The zero-order valence-electron chi connectivity index (χ0n) is 21.4. The van der Waals surface area contributed by atoms with E-state index in [0.29, 0.717) is 11.8 Å². The van der Waals surface area contributed by atoms with Crippen LogP contribution in [0.1, 0.15) is 105 Å². The Labute approximate surface area is 191 Å². The minimum Gasteiger partial charge on any atom is -0.307 e. The highest BCUT2D eigenvalue weighted by Crippen LogP contribution is 2.36. The fourth-order valence-corrected chi connectivity index (χ4v) is 7.16. The first-order valence-corrected chi connectivity index (χ1v) is 12.5. The summed E-state index contributed by atoms with van der Waals surface area (Å²) in [6.45, 7) is 18.4. The summed E-state index contributed by atoms with van der Waals surface area (Å²) in [6, 6.07) is 6.04. The van der Waals surface area contributed by atoms with Gasteiger partial charge in [0.25, 0.3) is 0 Å². The Morgan fingerprint density at radius 1 is 0.710 bits per heavy atom. The topological polar surface area (TPSA) is 24.1 Å². The van der Waals surface area contributed by atoms with E-state index in [1.54, 1.807) is 0 Å². The average molecular weight is 431 g/mol. The fourth-order valence-electron chi connectivity index (χ4n) is 7.16. The smallest absolute Gasteiger partial charge is 0.126 e. The highest BCUT2D eigenvalue weighted by atomic mass is 19.1. The number of aryl methyl sites for hydroxylation is 2. The average Bonchev–Trinajstić information content (AvgIpc) is 2.53. The quantitative estimate of drug-likeness (QED) is 0.518. The Morgan fingerprint density at radius 3 is 1.55 bits per heavy atom. The Bertz CT molecular complexity index is 730. The van der Waals surface area contributed by atoms with E-state index in [1.165, 1.54) is 25.7 Å². The number of hydrogen-bond acceptors (Lipinski definition) is 2. The molecule has 0 spiro atoms. The van der Waals surface area contributed by atoms with Gasteiger partial charge in [0.15, 0.2) is 0 Å². The zero-order valence-corrected chi connectivity index (χ0v) is 21.4. The molecule has 2 aliphatic rings. The van der Waals surface area contributed by atoms with Gasteiger partial charge in [0, 0.05) is 22.2 Å². The Balaban J connectivity index is 1.54. The van der Waals surface area contributed by atoms with Gasteiger partial charge in [-0.15, -0.1) is 0 Å². The first-order chi connectivity index (χ1) is 14.1. The third-order valence-corrected chi connectivity index (χ3v) is 7.33. The molecule has 0 aromatic heterocycles. The largest absolute Gasteiger partial charge is 0.307 e. The molecule has 2 saturated heterocycles. The molecule has 2 N–H and O–H groups in total. The molecule has 2 aliphatic heterocycles. The first kappa shape index (κ1) is 24.7. The lowest BCUT2D eigenvalue weighted by atomic mass is 9.74. The number of hydrogen-bond donors (Lipinski definition) is 2. The predicted molar refractivity (Wildman–Crippen MR) is 131 cm³/mol. The van der Waals surface area contributed by atoms with Gasteiger partial charge in [0.1, 0.15) is 5.82 Å². The van der Waals surface area contributed by atoms with Crippen LogP contribution in [0.25, 0.3) is 0 Å². The summed E-state index contributed by atoms with van der Waals surface area (Å²) in [4.78, 5) is 0. The lowest BCUT2D eigenvalue weighted by Crippen LogP contribution is -2.57. The highest BCUT2D eigenvalue weighted by Gasteiger charge is 2.38. The number of halogens is 1. The van der Waals surface area contributed by atoms with Gasteiger partial charge in [-0.1, -0.05) is 12.1 Å². The Hall–Kier alpha value is -0.930. The van der Waals surface area contributed by atoms with Crippen molar-refractivity contribution in [3.8, 4) is 0 Å². The van der Waals surface area contributed by atoms with E-state index < -0.39 is 0 Å². The van der Waals surface area contributed by atoms with Crippen LogP contribution in [0.4, 0.5) is 4.39 Å². The summed E-state index contributed by atoms with van der Waals surface area (Å²) in [5, 5.41) is 7.52. The molecule has 2 heterocycles. The maximum Gasteiger partial charge on any atom is 0.126 e. The Morgan fingerprint density at radius 2 is 1.13 bits per heavy atom. The second-order valence-electron chi connectivity index (χ2n) is 13.3. The maximum atomic E-state index is 14.9. The molecular weight excluding hydrogens is 383 g/mol. The molecule has 176 valence electrons. The summed E-state index contributed by atoms with van der Waals surface area (Å²) < 4.78 is 14.9. The van der Waals surface area contributed by atoms with E-state index in [0.717, 1.165) is 36.8 Å². The van der Waals surface area contributed by atoms with Crippen molar-refractivity contribution in [2.75, 3.05) is 0 Å². The molecular formula is C28H47FN2. The van der Waals surface area contributed by atoms with Crippen LogP contribution >= 0.6 is 0 Å². The fraction of sp³-hybridized carbons (Fsp3) is 0.786. The summed E-state index contributed by atoms with van der Waals surface area (Å²) in [5.74, 6) is 1.34.